The van der Waals surface area contributed by atoms with Crippen molar-refractivity contribution >= 4 is 5.70 Å². The van der Waals surface area contributed by atoms with Crippen molar-refractivity contribution in [3.8, 4) is 0 Å². The van der Waals surface area contributed by atoms with Crippen LogP contribution in [0, 0.1) is 6.92 Å². The highest BCUT2D eigenvalue weighted by molar-refractivity contribution is 5.67. The third-order valence-electron chi connectivity index (χ3n) is 2.49. The van der Waals surface area contributed by atoms with Crippen molar-refractivity contribution in [2.24, 2.45) is 0 Å². The molecule has 0 radical (unpaired) electrons. The second-order valence-electron chi connectivity index (χ2n) is 3.73. The molecule has 0 bridgehead atoms. The molecule has 0 aliphatic carbocycles. The van der Waals surface area contributed by atoms with Gasteiger partial charge in [0.15, 0.2) is 0 Å². The number of benzene rings is 1. The maximum absolute atomic E-state index is 2.26. The molecule has 0 fully saturated rings. The Labute approximate surface area is 113 Å². The maximum Gasteiger partial charge on any atom is 0.0440 e. The van der Waals surface area contributed by atoms with Gasteiger partial charge < -0.3 is 4.90 Å². The Morgan fingerprint density at radius 1 is 1.06 bits per heavy atom. The predicted molar refractivity (Wildman–Crippen MR) is 83.6 cm³/mol. The largest absolute Gasteiger partial charge is 0.370 e. The van der Waals surface area contributed by atoms with Crippen LogP contribution in [0.25, 0.3) is 5.70 Å². The summed E-state index contributed by atoms with van der Waals surface area (Å²) in [6.07, 6.45) is 6.45. The lowest BCUT2D eigenvalue weighted by molar-refractivity contribution is 0.531. The van der Waals surface area contributed by atoms with Gasteiger partial charge in [0.05, 0.1) is 0 Å². The molecule has 18 heavy (non-hydrogen) atoms. The third kappa shape index (κ3) is 4.79. The molecule has 0 atom stereocenters. The molecule has 0 saturated heterocycles. The third-order valence-corrected chi connectivity index (χ3v) is 2.49. The molecule has 0 amide bonds. The molecule has 1 aliphatic heterocycles. The van der Waals surface area contributed by atoms with Crippen molar-refractivity contribution in [3.63, 3.8) is 0 Å². The van der Waals surface area contributed by atoms with Gasteiger partial charge in [-0.25, -0.2) is 0 Å². The summed E-state index contributed by atoms with van der Waals surface area (Å²) < 4.78 is 0. The van der Waals surface area contributed by atoms with Gasteiger partial charge in [0.1, 0.15) is 0 Å². The molecule has 1 aromatic carbocycles. The highest BCUT2D eigenvalue weighted by Gasteiger charge is 2.07. The molecule has 0 unspecified atom stereocenters. The molecule has 0 spiro atoms. The second-order valence-corrected chi connectivity index (χ2v) is 3.73. The number of rotatable bonds is 1. The Bertz CT molecular complexity index is 388. The molecule has 1 aliphatic rings. The van der Waals surface area contributed by atoms with Crippen molar-refractivity contribution in [3.05, 3.63) is 53.6 Å². The normalized spacial score (nSPS) is 12.8. The van der Waals surface area contributed by atoms with Crippen LogP contribution < -0.4 is 0 Å². The topological polar surface area (TPSA) is 3.24 Å². The smallest absolute Gasteiger partial charge is 0.0440 e. The van der Waals surface area contributed by atoms with E-state index in [0.717, 1.165) is 6.54 Å². The Kier molecular flexibility index (Phi) is 8.73. The van der Waals surface area contributed by atoms with Crippen LogP contribution in [0.1, 0.15) is 38.8 Å². The van der Waals surface area contributed by atoms with Crippen LogP contribution >= 0.6 is 0 Å². The van der Waals surface area contributed by atoms with E-state index in [0.29, 0.717) is 0 Å². The Balaban J connectivity index is 0.000000659. The summed E-state index contributed by atoms with van der Waals surface area (Å²) in [6, 6.07) is 8.62. The molecule has 1 nitrogen and oxygen atoms in total. The number of nitrogens with zero attached hydrogens (tertiary/aromatic N) is 1. The first-order valence-electron chi connectivity index (χ1n) is 6.92. The summed E-state index contributed by atoms with van der Waals surface area (Å²) in [5, 5.41) is 0. The first kappa shape index (κ1) is 16.5. The molecule has 1 heterocycles. The van der Waals surface area contributed by atoms with E-state index in [4.69, 9.17) is 0 Å². The Morgan fingerprint density at radius 2 is 1.72 bits per heavy atom. The molecule has 0 saturated carbocycles. The van der Waals surface area contributed by atoms with Crippen molar-refractivity contribution in [1.29, 1.82) is 0 Å². The zero-order valence-electron chi connectivity index (χ0n) is 12.7. The minimum atomic E-state index is 1.000. The van der Waals surface area contributed by atoms with E-state index in [1.54, 1.807) is 0 Å². The SMILES string of the molecule is CC.CC.Cc1cccc(C2=CC=CCN2C)c1. The maximum atomic E-state index is 2.26. The number of allylic oxidation sites excluding steroid dienone is 2. The van der Waals surface area contributed by atoms with Gasteiger partial charge in [0.2, 0.25) is 0 Å². The average Bonchev–Trinajstić information content (AvgIpc) is 2.44. The fourth-order valence-electron chi connectivity index (χ4n) is 1.72. The van der Waals surface area contributed by atoms with E-state index in [1.165, 1.54) is 16.8 Å². The number of aryl methyl sites for hydroxylation is 1. The highest BCUT2D eigenvalue weighted by atomic mass is 15.1. The quantitative estimate of drug-likeness (QED) is 0.681. The van der Waals surface area contributed by atoms with Crippen molar-refractivity contribution < 1.29 is 0 Å². The molecule has 1 heteroatoms. The van der Waals surface area contributed by atoms with Crippen LogP contribution in [0.15, 0.2) is 42.5 Å². The van der Waals surface area contributed by atoms with Crippen molar-refractivity contribution in [2.45, 2.75) is 34.6 Å². The molecule has 100 valence electrons. The van der Waals surface area contributed by atoms with Gasteiger partial charge in [-0.2, -0.15) is 0 Å². The molecule has 0 aromatic heterocycles. The minimum absolute atomic E-state index is 1.000. The predicted octanol–water partition coefficient (Wildman–Crippen LogP) is 4.89. The van der Waals surface area contributed by atoms with Crippen LogP contribution in [0.4, 0.5) is 0 Å². The summed E-state index contributed by atoms with van der Waals surface area (Å²) in [7, 11) is 2.12. The molecule has 2 rings (SSSR count). The van der Waals surface area contributed by atoms with Crippen molar-refractivity contribution in [1.82, 2.24) is 4.90 Å². The monoisotopic (exact) mass is 245 g/mol. The minimum Gasteiger partial charge on any atom is -0.370 e. The highest BCUT2D eigenvalue weighted by Crippen LogP contribution is 2.20. The molecular formula is C17H27N. The van der Waals surface area contributed by atoms with Gasteiger partial charge in [0.25, 0.3) is 0 Å². The van der Waals surface area contributed by atoms with E-state index < -0.39 is 0 Å². The van der Waals surface area contributed by atoms with E-state index in [9.17, 15) is 0 Å². The summed E-state index contributed by atoms with van der Waals surface area (Å²) in [4.78, 5) is 2.26. The van der Waals surface area contributed by atoms with Crippen LogP contribution in [0.3, 0.4) is 0 Å². The number of hydrogen-bond acceptors (Lipinski definition) is 1. The van der Waals surface area contributed by atoms with E-state index >= 15 is 0 Å². The first-order chi connectivity index (χ1) is 8.77. The fraction of sp³-hybridized carbons (Fsp3) is 0.412. The average molecular weight is 245 g/mol. The summed E-state index contributed by atoms with van der Waals surface area (Å²) >= 11 is 0. The fourth-order valence-corrected chi connectivity index (χ4v) is 1.72. The summed E-state index contributed by atoms with van der Waals surface area (Å²) in [5.41, 5.74) is 3.92. The van der Waals surface area contributed by atoms with Crippen LogP contribution in [-0.4, -0.2) is 18.5 Å². The van der Waals surface area contributed by atoms with Gasteiger partial charge >= 0.3 is 0 Å². The van der Waals surface area contributed by atoms with Crippen LogP contribution in [0.5, 0.6) is 0 Å². The lowest BCUT2D eigenvalue weighted by atomic mass is 10.1. The van der Waals surface area contributed by atoms with Crippen molar-refractivity contribution in [2.75, 3.05) is 13.6 Å². The molecular weight excluding hydrogens is 218 g/mol. The van der Waals surface area contributed by atoms with E-state index in [2.05, 4.69) is 61.4 Å². The van der Waals surface area contributed by atoms with E-state index in [1.807, 2.05) is 27.7 Å². The van der Waals surface area contributed by atoms with E-state index in [-0.39, 0.29) is 0 Å². The lowest BCUT2D eigenvalue weighted by Gasteiger charge is -2.23. The summed E-state index contributed by atoms with van der Waals surface area (Å²) in [5.74, 6) is 0. The lowest BCUT2D eigenvalue weighted by Crippen LogP contribution is -2.18. The van der Waals surface area contributed by atoms with Gasteiger partial charge in [-0.3, -0.25) is 0 Å². The standard InChI is InChI=1S/C13H15N.2C2H6/c1-11-6-5-7-12(10-11)13-8-3-4-9-14(13)2;2*1-2/h3-8,10H,9H2,1-2H3;2*1-2H3. The van der Waals surface area contributed by atoms with Gasteiger partial charge in [-0.15, -0.1) is 0 Å². The van der Waals surface area contributed by atoms with Crippen LogP contribution in [0.2, 0.25) is 0 Å². The zero-order chi connectivity index (χ0) is 14.0. The van der Waals surface area contributed by atoms with Gasteiger partial charge in [-0.1, -0.05) is 63.6 Å². The first-order valence-corrected chi connectivity index (χ1v) is 6.92. The molecule has 1 aromatic rings. The van der Waals surface area contributed by atoms with Gasteiger partial charge in [-0.05, 0) is 24.6 Å². The molecule has 0 N–H and O–H groups in total. The Hall–Kier alpha value is -1.50. The van der Waals surface area contributed by atoms with Gasteiger partial charge in [0, 0.05) is 19.3 Å². The van der Waals surface area contributed by atoms with Crippen LogP contribution in [-0.2, 0) is 0 Å². The second kappa shape index (κ2) is 9.52. The number of likely N-dealkylation sites (N-methyl/N-ethyl adjacent to an activating group) is 1. The number of hydrogen-bond donors (Lipinski definition) is 0. The zero-order valence-corrected chi connectivity index (χ0v) is 12.7. The summed E-state index contributed by atoms with van der Waals surface area (Å²) in [6.45, 7) is 11.1. The Morgan fingerprint density at radius 3 is 2.28 bits per heavy atom.